The quantitative estimate of drug-likeness (QED) is 0.924. The summed E-state index contributed by atoms with van der Waals surface area (Å²) in [6, 6.07) is 8.11. The third kappa shape index (κ3) is 3.15. The van der Waals surface area contributed by atoms with Crippen LogP contribution in [0.1, 0.15) is 26.7 Å². The van der Waals surface area contributed by atoms with Crippen LogP contribution in [0.5, 0.6) is 0 Å². The van der Waals surface area contributed by atoms with E-state index in [2.05, 4.69) is 24.1 Å². The third-order valence-electron chi connectivity index (χ3n) is 4.04. The van der Waals surface area contributed by atoms with Gasteiger partial charge in [0.2, 0.25) is 0 Å². The molecule has 1 aromatic carbocycles. The van der Waals surface area contributed by atoms with E-state index in [1.807, 2.05) is 12.1 Å². The van der Waals surface area contributed by atoms with E-state index < -0.39 is 9.84 Å². The number of benzene rings is 1. The largest absolute Gasteiger partial charge is 0.365 e. The van der Waals surface area contributed by atoms with Crippen LogP contribution in [-0.4, -0.2) is 39.8 Å². The number of nitrogens with zero attached hydrogens (tertiary/aromatic N) is 1. The van der Waals surface area contributed by atoms with Gasteiger partial charge in [0.05, 0.1) is 10.6 Å². The highest BCUT2D eigenvalue weighted by atomic mass is 32.2. The molecule has 1 aliphatic heterocycles. The summed E-state index contributed by atoms with van der Waals surface area (Å²) in [5, 5.41) is 3.54. The van der Waals surface area contributed by atoms with Gasteiger partial charge in [0.25, 0.3) is 0 Å². The molecular formula is C15H24N2O2S. The van der Waals surface area contributed by atoms with Crippen molar-refractivity contribution in [2.24, 2.45) is 0 Å². The molecule has 0 saturated carbocycles. The summed E-state index contributed by atoms with van der Waals surface area (Å²) >= 11 is 0. The minimum absolute atomic E-state index is 0.348. The first-order valence-corrected chi connectivity index (χ1v) is 9.15. The maximum absolute atomic E-state index is 12.0. The van der Waals surface area contributed by atoms with Crippen LogP contribution in [0.15, 0.2) is 29.2 Å². The van der Waals surface area contributed by atoms with Crippen molar-refractivity contribution in [3.63, 3.8) is 0 Å². The lowest BCUT2D eigenvalue weighted by molar-refractivity contribution is 0.377. The molecule has 112 valence electrons. The highest BCUT2D eigenvalue weighted by Crippen LogP contribution is 2.29. The second kappa shape index (κ2) is 6.14. The lowest BCUT2D eigenvalue weighted by Gasteiger charge is -2.42. The van der Waals surface area contributed by atoms with Gasteiger partial charge in [0.15, 0.2) is 9.84 Å². The first kappa shape index (κ1) is 15.3. The minimum Gasteiger partial charge on any atom is -0.365 e. The highest BCUT2D eigenvalue weighted by molar-refractivity contribution is 7.90. The predicted molar refractivity (Wildman–Crippen MR) is 83.1 cm³/mol. The summed E-state index contributed by atoms with van der Waals surface area (Å²) in [5.41, 5.74) is 0.849. The summed E-state index contributed by atoms with van der Waals surface area (Å²) in [6.45, 7) is 6.08. The molecule has 1 heterocycles. The van der Waals surface area contributed by atoms with Gasteiger partial charge in [0.1, 0.15) is 0 Å². The van der Waals surface area contributed by atoms with Crippen LogP contribution < -0.4 is 10.2 Å². The molecule has 4 nitrogen and oxygen atoms in total. The first-order chi connectivity index (χ1) is 9.47. The molecule has 0 aromatic heterocycles. The molecule has 0 amide bonds. The lowest BCUT2D eigenvalue weighted by atomic mass is 10.0. The normalized spacial score (nSPS) is 23.9. The molecule has 1 saturated heterocycles. The van der Waals surface area contributed by atoms with Gasteiger partial charge < -0.3 is 10.2 Å². The van der Waals surface area contributed by atoms with Crippen LogP contribution in [0, 0.1) is 0 Å². The van der Waals surface area contributed by atoms with Gasteiger partial charge in [-0.3, -0.25) is 0 Å². The van der Waals surface area contributed by atoms with Gasteiger partial charge >= 0.3 is 0 Å². The standard InChI is InChI=1S/C15H24N2O2S/c1-4-12-11-17(13(5-2)10-16-12)14-8-6-7-9-15(14)20(3,18)19/h6-9,12-13,16H,4-5,10-11H2,1-3H3. The Morgan fingerprint density at radius 3 is 2.55 bits per heavy atom. The van der Waals surface area contributed by atoms with E-state index in [9.17, 15) is 8.42 Å². The van der Waals surface area contributed by atoms with E-state index in [0.717, 1.165) is 31.6 Å². The summed E-state index contributed by atoms with van der Waals surface area (Å²) in [7, 11) is -3.20. The Hall–Kier alpha value is -1.07. The fourth-order valence-electron chi connectivity index (χ4n) is 2.81. The fourth-order valence-corrected chi connectivity index (χ4v) is 3.70. The average Bonchev–Trinajstić information content (AvgIpc) is 2.45. The second-order valence-corrected chi connectivity index (χ2v) is 7.45. The van der Waals surface area contributed by atoms with Crippen LogP contribution in [0.25, 0.3) is 0 Å². The fraction of sp³-hybridized carbons (Fsp3) is 0.600. The molecule has 0 spiro atoms. The molecule has 20 heavy (non-hydrogen) atoms. The molecule has 0 bridgehead atoms. The molecule has 0 radical (unpaired) electrons. The molecule has 1 aromatic rings. The average molecular weight is 296 g/mol. The molecule has 2 rings (SSSR count). The number of rotatable bonds is 4. The molecule has 1 aliphatic rings. The van der Waals surface area contributed by atoms with Crippen molar-refractivity contribution >= 4 is 15.5 Å². The van der Waals surface area contributed by atoms with Crippen molar-refractivity contribution in [2.75, 3.05) is 24.2 Å². The van der Waals surface area contributed by atoms with Crippen LogP contribution >= 0.6 is 0 Å². The van der Waals surface area contributed by atoms with Gasteiger partial charge in [-0.15, -0.1) is 0 Å². The summed E-state index contributed by atoms with van der Waals surface area (Å²) in [4.78, 5) is 2.70. The zero-order chi connectivity index (χ0) is 14.8. The van der Waals surface area contributed by atoms with Crippen molar-refractivity contribution in [3.8, 4) is 0 Å². The monoisotopic (exact) mass is 296 g/mol. The Morgan fingerprint density at radius 2 is 1.95 bits per heavy atom. The Morgan fingerprint density at radius 1 is 1.25 bits per heavy atom. The molecule has 5 heteroatoms. The van der Waals surface area contributed by atoms with Crippen LogP contribution in [0.2, 0.25) is 0 Å². The summed E-state index contributed by atoms with van der Waals surface area (Å²) in [5.74, 6) is 0. The van der Waals surface area contributed by atoms with E-state index in [4.69, 9.17) is 0 Å². The maximum Gasteiger partial charge on any atom is 0.177 e. The second-order valence-electron chi connectivity index (χ2n) is 5.47. The third-order valence-corrected chi connectivity index (χ3v) is 5.18. The maximum atomic E-state index is 12.0. The number of para-hydroxylation sites is 1. The van der Waals surface area contributed by atoms with Gasteiger partial charge in [-0.25, -0.2) is 8.42 Å². The number of hydrogen-bond donors (Lipinski definition) is 1. The molecule has 0 aliphatic carbocycles. The number of nitrogens with one attached hydrogen (secondary N) is 1. The van der Waals surface area contributed by atoms with E-state index in [0.29, 0.717) is 17.0 Å². The van der Waals surface area contributed by atoms with E-state index in [1.165, 1.54) is 6.26 Å². The molecule has 1 fully saturated rings. The van der Waals surface area contributed by atoms with Crippen molar-refractivity contribution in [1.82, 2.24) is 5.32 Å². The lowest BCUT2D eigenvalue weighted by Crippen LogP contribution is -2.56. The molecule has 2 unspecified atom stereocenters. The van der Waals surface area contributed by atoms with Crippen LogP contribution in [0.4, 0.5) is 5.69 Å². The predicted octanol–water partition coefficient (Wildman–Crippen LogP) is 2.06. The van der Waals surface area contributed by atoms with Gasteiger partial charge in [-0.05, 0) is 25.0 Å². The molecule has 2 atom stereocenters. The SMILES string of the molecule is CCC1CN(c2ccccc2S(C)(=O)=O)C(CC)CN1. The Balaban J connectivity index is 2.42. The smallest absolute Gasteiger partial charge is 0.177 e. The minimum atomic E-state index is -3.20. The van der Waals surface area contributed by atoms with Gasteiger partial charge in [-0.1, -0.05) is 26.0 Å². The van der Waals surface area contributed by atoms with Crippen molar-refractivity contribution in [2.45, 2.75) is 43.7 Å². The van der Waals surface area contributed by atoms with E-state index in [1.54, 1.807) is 12.1 Å². The number of hydrogen-bond acceptors (Lipinski definition) is 4. The van der Waals surface area contributed by atoms with Crippen LogP contribution in [-0.2, 0) is 9.84 Å². The first-order valence-electron chi connectivity index (χ1n) is 7.26. The topological polar surface area (TPSA) is 49.4 Å². The van der Waals surface area contributed by atoms with Gasteiger partial charge in [0, 0.05) is 31.4 Å². The van der Waals surface area contributed by atoms with E-state index >= 15 is 0 Å². The zero-order valence-electron chi connectivity index (χ0n) is 12.5. The number of sulfone groups is 1. The molecule has 1 N–H and O–H groups in total. The van der Waals surface area contributed by atoms with Crippen molar-refractivity contribution in [3.05, 3.63) is 24.3 Å². The number of piperazine rings is 1. The van der Waals surface area contributed by atoms with Crippen LogP contribution in [0.3, 0.4) is 0 Å². The Labute approximate surface area is 122 Å². The van der Waals surface area contributed by atoms with E-state index in [-0.39, 0.29) is 0 Å². The zero-order valence-corrected chi connectivity index (χ0v) is 13.3. The molecular weight excluding hydrogens is 272 g/mol. The van der Waals surface area contributed by atoms with Crippen molar-refractivity contribution in [1.29, 1.82) is 0 Å². The summed E-state index contributed by atoms with van der Waals surface area (Å²) < 4.78 is 24.0. The van der Waals surface area contributed by atoms with Crippen molar-refractivity contribution < 1.29 is 8.42 Å². The Bertz CT molecular complexity index is 557. The highest BCUT2D eigenvalue weighted by Gasteiger charge is 2.28. The number of anilines is 1. The summed E-state index contributed by atoms with van der Waals surface area (Å²) in [6.07, 6.45) is 3.34. The Kier molecular flexibility index (Phi) is 4.70. The van der Waals surface area contributed by atoms with Gasteiger partial charge in [-0.2, -0.15) is 0 Å².